The Morgan fingerprint density at radius 3 is 3.00 bits per heavy atom. The summed E-state index contributed by atoms with van der Waals surface area (Å²) in [6.45, 7) is 4.02. The van der Waals surface area contributed by atoms with Gasteiger partial charge < -0.3 is 10.0 Å². The zero-order chi connectivity index (χ0) is 11.7. The molecule has 5 heteroatoms. The summed E-state index contributed by atoms with van der Waals surface area (Å²) in [6.07, 6.45) is 2.84. The smallest absolute Gasteiger partial charge is 0.307 e. The number of hydrogen-bond donors (Lipinski definition) is 1. The van der Waals surface area contributed by atoms with Gasteiger partial charge in [0.2, 0.25) is 0 Å². The highest BCUT2D eigenvalue weighted by atomic mass is 16.4. The molecule has 1 aliphatic rings. The molecular formula is C11H17N3O2. The van der Waals surface area contributed by atoms with Crippen LogP contribution in [-0.4, -0.2) is 45.9 Å². The van der Waals surface area contributed by atoms with Crippen LogP contribution in [0.1, 0.15) is 23.7 Å². The number of likely N-dealkylation sites (tertiary alicyclic amines) is 1. The minimum atomic E-state index is -0.800. The fourth-order valence-electron chi connectivity index (χ4n) is 2.28. The van der Waals surface area contributed by atoms with Crippen LogP contribution in [0, 0.1) is 6.92 Å². The third-order valence-corrected chi connectivity index (χ3v) is 3.20. The van der Waals surface area contributed by atoms with E-state index in [-0.39, 0.29) is 6.42 Å². The van der Waals surface area contributed by atoms with Crippen molar-refractivity contribution in [2.45, 2.75) is 25.8 Å². The molecule has 1 aromatic rings. The number of aromatic nitrogens is 2. The second kappa shape index (κ2) is 4.25. The maximum atomic E-state index is 10.7. The van der Waals surface area contributed by atoms with Crippen LogP contribution >= 0.6 is 0 Å². The monoisotopic (exact) mass is 223 g/mol. The first-order chi connectivity index (χ1) is 7.58. The third-order valence-electron chi connectivity index (χ3n) is 3.20. The molecule has 1 N–H and O–H groups in total. The van der Waals surface area contributed by atoms with Crippen molar-refractivity contribution < 1.29 is 9.90 Å². The minimum Gasteiger partial charge on any atom is -0.481 e. The molecule has 1 unspecified atom stereocenters. The molecule has 1 fully saturated rings. The fraction of sp³-hybridized carbons (Fsp3) is 0.636. The van der Waals surface area contributed by atoms with Crippen LogP contribution in [0.4, 0.5) is 0 Å². The van der Waals surface area contributed by atoms with Gasteiger partial charge in [-0.25, -0.2) is 0 Å². The summed E-state index contributed by atoms with van der Waals surface area (Å²) in [5, 5.41) is 13.1. The predicted molar refractivity (Wildman–Crippen MR) is 59.5 cm³/mol. The number of likely N-dealkylation sites (N-methyl/N-ethyl adjacent to an activating group) is 1. The molecule has 0 amide bonds. The van der Waals surface area contributed by atoms with Gasteiger partial charge in [0, 0.05) is 17.8 Å². The van der Waals surface area contributed by atoms with Crippen LogP contribution in [0.5, 0.6) is 0 Å². The number of carboxylic acid groups (broad SMARTS) is 1. The van der Waals surface area contributed by atoms with Crippen molar-refractivity contribution in [3.05, 3.63) is 17.5 Å². The van der Waals surface area contributed by atoms with Gasteiger partial charge >= 0.3 is 5.97 Å². The van der Waals surface area contributed by atoms with Crippen LogP contribution in [0.2, 0.25) is 0 Å². The van der Waals surface area contributed by atoms with E-state index >= 15 is 0 Å². The SMILES string of the molecule is Cc1c(CC(=O)O)cnn1C1CCN(C)C1. The quantitative estimate of drug-likeness (QED) is 0.819. The van der Waals surface area contributed by atoms with Crippen molar-refractivity contribution in [1.82, 2.24) is 14.7 Å². The number of nitrogens with zero attached hydrogens (tertiary/aromatic N) is 3. The van der Waals surface area contributed by atoms with E-state index < -0.39 is 5.97 Å². The largest absolute Gasteiger partial charge is 0.481 e. The van der Waals surface area contributed by atoms with Gasteiger partial charge in [0.05, 0.1) is 18.7 Å². The summed E-state index contributed by atoms with van der Waals surface area (Å²) in [5.41, 5.74) is 1.81. The molecule has 1 saturated heterocycles. The van der Waals surface area contributed by atoms with E-state index in [1.54, 1.807) is 6.20 Å². The molecule has 0 aliphatic carbocycles. The molecule has 2 heterocycles. The van der Waals surface area contributed by atoms with Crippen LogP contribution in [0.25, 0.3) is 0 Å². The lowest BCUT2D eigenvalue weighted by Gasteiger charge is -2.13. The lowest BCUT2D eigenvalue weighted by molar-refractivity contribution is -0.136. The molecule has 5 nitrogen and oxygen atoms in total. The summed E-state index contributed by atoms with van der Waals surface area (Å²) in [4.78, 5) is 12.9. The highest BCUT2D eigenvalue weighted by Gasteiger charge is 2.23. The first-order valence-electron chi connectivity index (χ1n) is 5.51. The topological polar surface area (TPSA) is 58.4 Å². The fourth-order valence-corrected chi connectivity index (χ4v) is 2.28. The van der Waals surface area contributed by atoms with E-state index in [9.17, 15) is 4.79 Å². The molecule has 0 spiro atoms. The Bertz CT molecular complexity index is 400. The molecule has 1 aliphatic heterocycles. The Hall–Kier alpha value is -1.36. The molecule has 0 aromatic carbocycles. The van der Waals surface area contributed by atoms with E-state index in [0.717, 1.165) is 30.8 Å². The first kappa shape index (κ1) is 11.1. The van der Waals surface area contributed by atoms with Crippen molar-refractivity contribution >= 4 is 5.97 Å². The van der Waals surface area contributed by atoms with Gasteiger partial charge in [0.15, 0.2) is 0 Å². The van der Waals surface area contributed by atoms with Crippen molar-refractivity contribution in [3.63, 3.8) is 0 Å². The lowest BCUT2D eigenvalue weighted by Crippen LogP contribution is -2.18. The molecule has 16 heavy (non-hydrogen) atoms. The summed E-state index contributed by atoms with van der Waals surface area (Å²) < 4.78 is 1.97. The van der Waals surface area contributed by atoms with Gasteiger partial charge in [0.25, 0.3) is 0 Å². The first-order valence-corrected chi connectivity index (χ1v) is 5.51. The van der Waals surface area contributed by atoms with E-state index in [2.05, 4.69) is 17.0 Å². The number of carboxylic acids is 1. The zero-order valence-electron chi connectivity index (χ0n) is 9.68. The molecule has 1 aromatic heterocycles. The van der Waals surface area contributed by atoms with Gasteiger partial charge in [-0.2, -0.15) is 5.10 Å². The number of aliphatic carboxylic acids is 1. The number of carbonyl (C=O) groups is 1. The van der Waals surface area contributed by atoms with Crippen molar-refractivity contribution in [2.75, 3.05) is 20.1 Å². The Morgan fingerprint density at radius 1 is 1.69 bits per heavy atom. The summed E-state index contributed by atoms with van der Waals surface area (Å²) in [6, 6.07) is 0.396. The number of hydrogen-bond acceptors (Lipinski definition) is 3. The molecule has 1 atom stereocenters. The van der Waals surface area contributed by atoms with E-state index in [4.69, 9.17) is 5.11 Å². The van der Waals surface area contributed by atoms with Crippen LogP contribution < -0.4 is 0 Å². The van der Waals surface area contributed by atoms with Crippen LogP contribution in [0.15, 0.2) is 6.20 Å². The highest BCUT2D eigenvalue weighted by molar-refractivity contribution is 5.70. The van der Waals surface area contributed by atoms with Crippen molar-refractivity contribution in [3.8, 4) is 0 Å². The minimum absolute atomic E-state index is 0.0639. The molecular weight excluding hydrogens is 206 g/mol. The van der Waals surface area contributed by atoms with E-state index in [1.165, 1.54) is 0 Å². The van der Waals surface area contributed by atoms with Gasteiger partial charge in [-0.1, -0.05) is 0 Å². The number of rotatable bonds is 3. The molecule has 88 valence electrons. The van der Waals surface area contributed by atoms with Crippen LogP contribution in [-0.2, 0) is 11.2 Å². The normalized spacial score (nSPS) is 21.5. The predicted octanol–water partition coefficient (Wildman–Crippen LogP) is 0.695. The molecule has 0 radical (unpaired) electrons. The van der Waals surface area contributed by atoms with E-state index in [0.29, 0.717) is 6.04 Å². The van der Waals surface area contributed by atoms with Gasteiger partial charge in [-0.15, -0.1) is 0 Å². The van der Waals surface area contributed by atoms with Crippen molar-refractivity contribution in [1.29, 1.82) is 0 Å². The maximum absolute atomic E-state index is 10.7. The lowest BCUT2D eigenvalue weighted by atomic mass is 10.2. The van der Waals surface area contributed by atoms with Crippen molar-refractivity contribution in [2.24, 2.45) is 0 Å². The summed E-state index contributed by atoms with van der Waals surface area (Å²) in [5.74, 6) is -0.800. The highest BCUT2D eigenvalue weighted by Crippen LogP contribution is 2.22. The van der Waals surface area contributed by atoms with Gasteiger partial charge in [-0.05, 0) is 26.9 Å². The summed E-state index contributed by atoms with van der Waals surface area (Å²) >= 11 is 0. The summed E-state index contributed by atoms with van der Waals surface area (Å²) in [7, 11) is 2.09. The second-order valence-corrected chi connectivity index (χ2v) is 4.48. The molecule has 0 saturated carbocycles. The maximum Gasteiger partial charge on any atom is 0.307 e. The van der Waals surface area contributed by atoms with Gasteiger partial charge in [-0.3, -0.25) is 9.48 Å². The Labute approximate surface area is 94.7 Å². The Balaban J connectivity index is 2.16. The van der Waals surface area contributed by atoms with Gasteiger partial charge in [0.1, 0.15) is 0 Å². The Morgan fingerprint density at radius 2 is 2.44 bits per heavy atom. The molecule has 2 rings (SSSR count). The standard InChI is InChI=1S/C11H17N3O2/c1-8-9(5-11(15)16)6-12-14(8)10-3-4-13(2)7-10/h6,10H,3-5,7H2,1-2H3,(H,15,16). The van der Waals surface area contributed by atoms with Crippen LogP contribution in [0.3, 0.4) is 0 Å². The zero-order valence-corrected chi connectivity index (χ0v) is 9.68. The Kier molecular flexibility index (Phi) is 2.96. The third kappa shape index (κ3) is 2.09. The second-order valence-electron chi connectivity index (χ2n) is 4.48. The average molecular weight is 223 g/mol. The average Bonchev–Trinajstić information content (AvgIpc) is 2.74. The van der Waals surface area contributed by atoms with E-state index in [1.807, 2.05) is 11.6 Å². The molecule has 0 bridgehead atoms.